The number of ether oxygens (including phenoxy) is 2. The lowest BCUT2D eigenvalue weighted by atomic mass is 9.67. The first-order valence-corrected chi connectivity index (χ1v) is 24.9. The van der Waals surface area contributed by atoms with Gasteiger partial charge in [0.1, 0.15) is 23.0 Å². The number of aromatic hydroxyl groups is 8. The second kappa shape index (κ2) is 24.0. The standard InChI is InChI=1S/2C28H38O6/c2*1-5-6-7-8-18-12-22(29)26(21-11-17(4)9-10-20(21)16(2)3)25(13-18)34-28(33)19-14-23(30)27(32)24(31)15-19/h2*12-17,20-21,29-32H,5-11H2,1-4H3/t17-,20+,21-;17-,20-,21+/m10/s1. The lowest BCUT2D eigenvalue weighted by molar-refractivity contribution is 0.0718. The molecular formula is C56H76O12. The Balaban J connectivity index is 0.000000254. The smallest absolute Gasteiger partial charge is 0.343 e. The Kier molecular flexibility index (Phi) is 18.8. The lowest BCUT2D eigenvalue weighted by Gasteiger charge is -2.38. The Hall–Kier alpha value is -5.78. The van der Waals surface area contributed by atoms with Crippen LogP contribution in [0.2, 0.25) is 0 Å². The summed E-state index contributed by atoms with van der Waals surface area (Å²) in [6.45, 7) is 17.5. The second-order valence-corrected chi connectivity index (χ2v) is 20.3. The van der Waals surface area contributed by atoms with Gasteiger partial charge in [-0.05, 0) is 158 Å². The molecule has 0 heterocycles. The highest BCUT2D eigenvalue weighted by Gasteiger charge is 2.38. The normalized spacial score (nSPS) is 20.4. The van der Waals surface area contributed by atoms with Crippen molar-refractivity contribution >= 4 is 11.9 Å². The van der Waals surface area contributed by atoms with Crippen LogP contribution in [0.5, 0.6) is 57.5 Å². The highest BCUT2D eigenvalue weighted by molar-refractivity contribution is 5.93. The SMILES string of the molecule is CCCCCc1cc(O)c([C@@H]2C[C@@H](C)CC[C@H]2C(C)C)c(OC(=O)c2cc(O)c(O)c(O)c2)c1.CCCCCc1cc(O)c([C@@H]2C[C@H](C)CC[C@H]2C(C)C)c(OC(=O)c2cc(O)c(O)c(O)c2)c1. The summed E-state index contributed by atoms with van der Waals surface area (Å²) in [6.07, 6.45) is 13.9. The van der Waals surface area contributed by atoms with Crippen molar-refractivity contribution in [3.05, 3.63) is 81.9 Å². The van der Waals surface area contributed by atoms with E-state index in [1.165, 1.54) is 0 Å². The van der Waals surface area contributed by atoms with Crippen molar-refractivity contribution in [2.75, 3.05) is 0 Å². The van der Waals surface area contributed by atoms with Gasteiger partial charge in [-0.25, -0.2) is 9.59 Å². The average Bonchev–Trinajstić information content (AvgIpc) is 3.27. The van der Waals surface area contributed by atoms with E-state index in [4.69, 9.17) is 9.47 Å². The Labute approximate surface area is 402 Å². The number of esters is 2. The minimum atomic E-state index is -0.776. The monoisotopic (exact) mass is 941 g/mol. The fourth-order valence-corrected chi connectivity index (χ4v) is 10.5. The van der Waals surface area contributed by atoms with Crippen LogP contribution in [0.1, 0.15) is 187 Å². The Bertz CT molecular complexity index is 2140. The van der Waals surface area contributed by atoms with Crippen molar-refractivity contribution in [1.29, 1.82) is 0 Å². The summed E-state index contributed by atoms with van der Waals surface area (Å²) >= 11 is 0. The van der Waals surface area contributed by atoms with E-state index in [-0.39, 0.29) is 34.5 Å². The molecule has 0 saturated heterocycles. The van der Waals surface area contributed by atoms with Crippen LogP contribution in [0.3, 0.4) is 0 Å². The molecule has 2 fully saturated rings. The highest BCUT2D eigenvalue weighted by Crippen LogP contribution is 2.52. The number of hydrogen-bond acceptors (Lipinski definition) is 12. The van der Waals surface area contributed by atoms with Gasteiger partial charge in [0.15, 0.2) is 34.5 Å². The first kappa shape index (κ1) is 53.2. The topological polar surface area (TPSA) is 214 Å². The summed E-state index contributed by atoms with van der Waals surface area (Å²) in [6, 6.07) is 11.5. The summed E-state index contributed by atoms with van der Waals surface area (Å²) in [5, 5.41) is 80.9. The molecule has 0 unspecified atom stereocenters. The molecule has 8 N–H and O–H groups in total. The van der Waals surface area contributed by atoms with Gasteiger partial charge in [-0.15, -0.1) is 0 Å². The van der Waals surface area contributed by atoms with Crippen LogP contribution in [0, 0.1) is 35.5 Å². The van der Waals surface area contributed by atoms with Crippen LogP contribution in [-0.4, -0.2) is 52.8 Å². The number of hydrogen-bond donors (Lipinski definition) is 8. The minimum absolute atomic E-state index is 0.0536. The number of phenolic OH excluding ortho intramolecular Hbond substituents is 8. The summed E-state index contributed by atoms with van der Waals surface area (Å²) in [5.74, 6) is -1.77. The number of carbonyl (C=O) groups is 2. The summed E-state index contributed by atoms with van der Waals surface area (Å²) in [7, 11) is 0. The van der Waals surface area contributed by atoms with E-state index < -0.39 is 46.4 Å². The first-order valence-electron chi connectivity index (χ1n) is 24.9. The molecule has 0 bridgehead atoms. The molecule has 372 valence electrons. The zero-order chi connectivity index (χ0) is 50.0. The summed E-state index contributed by atoms with van der Waals surface area (Å²) in [4.78, 5) is 26.0. The summed E-state index contributed by atoms with van der Waals surface area (Å²) < 4.78 is 11.6. The molecule has 2 aliphatic carbocycles. The van der Waals surface area contributed by atoms with E-state index in [1.54, 1.807) is 12.1 Å². The number of unbranched alkanes of at least 4 members (excludes halogenated alkanes) is 4. The third kappa shape index (κ3) is 13.3. The molecule has 6 atom stereocenters. The first-order chi connectivity index (χ1) is 32.2. The maximum atomic E-state index is 13.0. The highest BCUT2D eigenvalue weighted by atomic mass is 16.5. The minimum Gasteiger partial charge on any atom is -0.508 e. The quantitative estimate of drug-likeness (QED) is 0.0228. The van der Waals surface area contributed by atoms with E-state index >= 15 is 0 Å². The van der Waals surface area contributed by atoms with Gasteiger partial charge in [0.25, 0.3) is 0 Å². The molecule has 2 saturated carbocycles. The number of carbonyl (C=O) groups excluding carboxylic acids is 2. The van der Waals surface area contributed by atoms with Crippen LogP contribution < -0.4 is 9.47 Å². The fraction of sp³-hybridized carbons (Fsp3) is 0.536. The largest absolute Gasteiger partial charge is 0.508 e. The predicted molar refractivity (Wildman–Crippen MR) is 264 cm³/mol. The number of aryl methyl sites for hydroxylation is 2. The van der Waals surface area contributed by atoms with E-state index in [0.717, 1.165) is 125 Å². The number of benzene rings is 4. The molecule has 6 rings (SSSR count). The van der Waals surface area contributed by atoms with Gasteiger partial charge in [-0.3, -0.25) is 0 Å². The maximum Gasteiger partial charge on any atom is 0.343 e. The van der Waals surface area contributed by atoms with Crippen LogP contribution in [-0.2, 0) is 12.8 Å². The molecule has 0 aromatic heterocycles. The zero-order valence-electron chi connectivity index (χ0n) is 41.3. The Morgan fingerprint density at radius 3 is 1.15 bits per heavy atom. The average molecular weight is 941 g/mol. The van der Waals surface area contributed by atoms with E-state index in [1.807, 2.05) is 12.1 Å². The maximum absolute atomic E-state index is 13.0. The van der Waals surface area contributed by atoms with Crippen molar-refractivity contribution in [2.24, 2.45) is 35.5 Å². The van der Waals surface area contributed by atoms with Crippen molar-refractivity contribution in [2.45, 2.75) is 157 Å². The molecule has 0 radical (unpaired) electrons. The van der Waals surface area contributed by atoms with Gasteiger partial charge in [-0.2, -0.15) is 0 Å². The fourth-order valence-electron chi connectivity index (χ4n) is 10.5. The van der Waals surface area contributed by atoms with Gasteiger partial charge < -0.3 is 50.3 Å². The molecule has 4 aromatic rings. The molecule has 4 aromatic carbocycles. The van der Waals surface area contributed by atoms with Crippen molar-refractivity contribution in [1.82, 2.24) is 0 Å². The van der Waals surface area contributed by atoms with Gasteiger partial charge in [0.2, 0.25) is 0 Å². The van der Waals surface area contributed by atoms with Crippen molar-refractivity contribution < 1.29 is 59.9 Å². The third-order valence-corrected chi connectivity index (χ3v) is 14.3. The van der Waals surface area contributed by atoms with Crippen molar-refractivity contribution in [3.63, 3.8) is 0 Å². The Morgan fingerprint density at radius 2 is 0.838 bits per heavy atom. The number of rotatable bonds is 16. The van der Waals surface area contributed by atoms with Crippen LogP contribution in [0.15, 0.2) is 48.5 Å². The van der Waals surface area contributed by atoms with E-state index in [9.17, 15) is 50.4 Å². The molecule has 12 nitrogen and oxygen atoms in total. The molecule has 0 aliphatic heterocycles. The van der Waals surface area contributed by atoms with Gasteiger partial charge in [0, 0.05) is 11.1 Å². The Morgan fingerprint density at radius 1 is 0.500 bits per heavy atom. The van der Waals surface area contributed by atoms with Gasteiger partial charge in [-0.1, -0.05) is 93.9 Å². The van der Waals surface area contributed by atoms with Gasteiger partial charge in [0.05, 0.1) is 11.1 Å². The zero-order valence-corrected chi connectivity index (χ0v) is 41.3. The lowest BCUT2D eigenvalue weighted by Crippen LogP contribution is -2.27. The van der Waals surface area contributed by atoms with E-state index in [0.29, 0.717) is 58.1 Å². The molecular weight excluding hydrogens is 865 g/mol. The summed E-state index contributed by atoms with van der Waals surface area (Å²) in [5.41, 5.74) is 2.94. The van der Waals surface area contributed by atoms with E-state index in [2.05, 4.69) is 55.4 Å². The molecule has 12 heteroatoms. The third-order valence-electron chi connectivity index (χ3n) is 14.3. The second-order valence-electron chi connectivity index (χ2n) is 20.3. The van der Waals surface area contributed by atoms with Gasteiger partial charge >= 0.3 is 11.9 Å². The molecule has 2 aliphatic rings. The van der Waals surface area contributed by atoms with Crippen LogP contribution >= 0.6 is 0 Å². The van der Waals surface area contributed by atoms with Crippen LogP contribution in [0.4, 0.5) is 0 Å². The molecule has 0 spiro atoms. The number of phenols is 8. The van der Waals surface area contributed by atoms with Crippen LogP contribution in [0.25, 0.3) is 0 Å². The van der Waals surface area contributed by atoms with Crippen molar-refractivity contribution in [3.8, 4) is 57.5 Å². The predicted octanol–water partition coefficient (Wildman–Crippen LogP) is 13.3. The molecule has 0 amide bonds. The molecule has 68 heavy (non-hydrogen) atoms.